The molecule has 1 amide bonds. The van der Waals surface area contributed by atoms with E-state index in [-0.39, 0.29) is 5.91 Å². The zero-order valence-electron chi connectivity index (χ0n) is 5.14. The van der Waals surface area contributed by atoms with Crippen LogP contribution < -0.4 is 0 Å². The normalized spacial score (nSPS) is 19.5. The molecule has 2 nitrogen and oxygen atoms in total. The summed E-state index contributed by atoms with van der Waals surface area (Å²) in [6.45, 7) is 1.96. The van der Waals surface area contributed by atoms with Crippen LogP contribution in [0.3, 0.4) is 0 Å². The van der Waals surface area contributed by atoms with Gasteiger partial charge in [-0.3, -0.25) is 4.79 Å². The second-order valence-corrected chi connectivity index (χ2v) is 2.16. The van der Waals surface area contributed by atoms with E-state index >= 15 is 0 Å². The maximum absolute atomic E-state index is 10.7. The van der Waals surface area contributed by atoms with Gasteiger partial charge in [0.2, 0.25) is 5.91 Å². The molecule has 0 spiro atoms. The Labute approximate surface area is 48.8 Å². The highest BCUT2D eigenvalue weighted by atomic mass is 16.2. The first-order valence-corrected chi connectivity index (χ1v) is 2.63. The number of hydrogen-bond acceptors (Lipinski definition) is 1. The van der Waals surface area contributed by atoms with E-state index in [2.05, 4.69) is 0 Å². The van der Waals surface area contributed by atoms with Crippen molar-refractivity contribution < 1.29 is 4.79 Å². The van der Waals surface area contributed by atoms with Crippen molar-refractivity contribution in [2.45, 2.75) is 13.3 Å². The summed E-state index contributed by atoms with van der Waals surface area (Å²) in [5.41, 5.74) is 1.15. The zero-order valence-corrected chi connectivity index (χ0v) is 5.14. The van der Waals surface area contributed by atoms with Gasteiger partial charge in [-0.05, 0) is 12.5 Å². The lowest BCUT2D eigenvalue weighted by Gasteiger charge is -2.00. The van der Waals surface area contributed by atoms with Crippen molar-refractivity contribution in [2.75, 3.05) is 7.05 Å². The first-order valence-electron chi connectivity index (χ1n) is 2.63. The van der Waals surface area contributed by atoms with Crippen LogP contribution in [0.15, 0.2) is 11.8 Å². The molecule has 0 atom stereocenters. The molecule has 8 heavy (non-hydrogen) atoms. The molecule has 1 rings (SSSR count). The smallest absolute Gasteiger partial charge is 0.230 e. The van der Waals surface area contributed by atoms with Crippen LogP contribution in [0, 0.1) is 0 Å². The molecule has 0 fully saturated rings. The molecule has 0 saturated heterocycles. The summed E-state index contributed by atoms with van der Waals surface area (Å²) in [5, 5.41) is 0. The summed E-state index contributed by atoms with van der Waals surface area (Å²) in [6.07, 6.45) is 2.47. The van der Waals surface area contributed by atoms with Crippen LogP contribution in [0.2, 0.25) is 0 Å². The molecular formula is C6H9NO. The highest BCUT2D eigenvalue weighted by Crippen LogP contribution is 2.11. The van der Waals surface area contributed by atoms with Crippen molar-refractivity contribution in [1.82, 2.24) is 4.90 Å². The van der Waals surface area contributed by atoms with E-state index in [1.807, 2.05) is 13.1 Å². The summed E-state index contributed by atoms with van der Waals surface area (Å²) in [6, 6.07) is 0. The van der Waals surface area contributed by atoms with Crippen LogP contribution >= 0.6 is 0 Å². The molecule has 0 bridgehead atoms. The van der Waals surface area contributed by atoms with Gasteiger partial charge >= 0.3 is 0 Å². The topological polar surface area (TPSA) is 20.3 Å². The summed E-state index contributed by atoms with van der Waals surface area (Å²) < 4.78 is 0. The third-order valence-corrected chi connectivity index (χ3v) is 1.24. The molecule has 0 aromatic carbocycles. The average molecular weight is 111 g/mol. The van der Waals surface area contributed by atoms with Gasteiger partial charge in [0.15, 0.2) is 0 Å². The molecule has 0 N–H and O–H groups in total. The van der Waals surface area contributed by atoms with E-state index in [1.54, 1.807) is 11.9 Å². The molecule has 0 unspecified atom stereocenters. The van der Waals surface area contributed by atoms with Crippen molar-refractivity contribution >= 4 is 5.91 Å². The molecule has 0 aromatic rings. The van der Waals surface area contributed by atoms with E-state index in [1.165, 1.54) is 0 Å². The van der Waals surface area contributed by atoms with Crippen molar-refractivity contribution in [3.8, 4) is 0 Å². The van der Waals surface area contributed by atoms with Gasteiger partial charge in [0, 0.05) is 19.7 Å². The largest absolute Gasteiger partial charge is 0.322 e. The van der Waals surface area contributed by atoms with E-state index in [0.717, 1.165) is 5.57 Å². The molecular weight excluding hydrogens is 102 g/mol. The number of carbonyl (C=O) groups excluding carboxylic acids is 1. The minimum atomic E-state index is 0.197. The predicted octanol–water partition coefficient (Wildman–Crippen LogP) is 0.752. The van der Waals surface area contributed by atoms with Crippen molar-refractivity contribution in [2.24, 2.45) is 0 Å². The van der Waals surface area contributed by atoms with Crippen molar-refractivity contribution in [1.29, 1.82) is 0 Å². The zero-order chi connectivity index (χ0) is 6.15. The highest BCUT2D eigenvalue weighted by molar-refractivity contribution is 5.82. The van der Waals surface area contributed by atoms with Gasteiger partial charge in [-0.2, -0.15) is 0 Å². The molecule has 0 aliphatic carbocycles. The lowest BCUT2D eigenvalue weighted by Crippen LogP contribution is -2.13. The Morgan fingerprint density at radius 3 is 2.50 bits per heavy atom. The lowest BCUT2D eigenvalue weighted by molar-refractivity contribution is -0.125. The fraction of sp³-hybridized carbons (Fsp3) is 0.500. The first kappa shape index (κ1) is 5.35. The maximum atomic E-state index is 10.7. The molecule has 2 heteroatoms. The van der Waals surface area contributed by atoms with E-state index < -0.39 is 0 Å². The monoisotopic (exact) mass is 111 g/mol. The van der Waals surface area contributed by atoms with Crippen LogP contribution in [0.4, 0.5) is 0 Å². The molecule has 1 aliphatic heterocycles. The van der Waals surface area contributed by atoms with Gasteiger partial charge < -0.3 is 4.90 Å². The Morgan fingerprint density at radius 2 is 2.38 bits per heavy atom. The highest BCUT2D eigenvalue weighted by Gasteiger charge is 2.13. The summed E-state index contributed by atoms with van der Waals surface area (Å²) >= 11 is 0. The minimum absolute atomic E-state index is 0.197. The van der Waals surface area contributed by atoms with Gasteiger partial charge in [0.25, 0.3) is 0 Å². The van der Waals surface area contributed by atoms with Crippen molar-refractivity contribution in [3.63, 3.8) is 0 Å². The number of carbonyl (C=O) groups is 1. The quantitative estimate of drug-likeness (QED) is 0.451. The van der Waals surface area contributed by atoms with Crippen LogP contribution in [0.1, 0.15) is 13.3 Å². The summed E-state index contributed by atoms with van der Waals surface area (Å²) in [5.74, 6) is 0.197. The Bertz CT molecular complexity index is 149. The molecule has 0 saturated carbocycles. The van der Waals surface area contributed by atoms with Crippen molar-refractivity contribution in [3.05, 3.63) is 11.8 Å². The van der Waals surface area contributed by atoms with E-state index in [0.29, 0.717) is 6.42 Å². The number of rotatable bonds is 0. The van der Waals surface area contributed by atoms with Gasteiger partial charge in [-0.1, -0.05) is 0 Å². The Morgan fingerprint density at radius 1 is 1.75 bits per heavy atom. The summed E-state index contributed by atoms with van der Waals surface area (Å²) in [4.78, 5) is 12.3. The molecule has 0 radical (unpaired) electrons. The van der Waals surface area contributed by atoms with Crippen LogP contribution in [-0.4, -0.2) is 17.9 Å². The van der Waals surface area contributed by atoms with Crippen LogP contribution in [0.25, 0.3) is 0 Å². The molecule has 0 aromatic heterocycles. The Hall–Kier alpha value is -0.790. The third kappa shape index (κ3) is 0.735. The van der Waals surface area contributed by atoms with E-state index in [4.69, 9.17) is 0 Å². The fourth-order valence-corrected chi connectivity index (χ4v) is 0.811. The maximum Gasteiger partial charge on any atom is 0.230 e. The van der Waals surface area contributed by atoms with Gasteiger partial charge in [0.1, 0.15) is 0 Å². The van der Waals surface area contributed by atoms with Crippen LogP contribution in [0.5, 0.6) is 0 Å². The Kier molecular flexibility index (Phi) is 1.08. The number of hydrogen-bond donors (Lipinski definition) is 0. The minimum Gasteiger partial charge on any atom is -0.322 e. The van der Waals surface area contributed by atoms with Gasteiger partial charge in [0.05, 0.1) is 0 Å². The van der Waals surface area contributed by atoms with Gasteiger partial charge in [-0.25, -0.2) is 0 Å². The third-order valence-electron chi connectivity index (χ3n) is 1.24. The average Bonchev–Trinajstić information content (AvgIpc) is 1.85. The fourth-order valence-electron chi connectivity index (χ4n) is 0.811. The SMILES string of the molecule is CC1=CN(C)C(=O)C1. The first-order chi connectivity index (χ1) is 3.70. The summed E-state index contributed by atoms with van der Waals surface area (Å²) in [7, 11) is 1.78. The number of amides is 1. The van der Waals surface area contributed by atoms with E-state index in [9.17, 15) is 4.79 Å². The second kappa shape index (κ2) is 1.62. The molecule has 1 aliphatic rings. The second-order valence-electron chi connectivity index (χ2n) is 2.16. The lowest BCUT2D eigenvalue weighted by atomic mass is 10.3. The standard InChI is InChI=1S/C6H9NO/c1-5-3-6(8)7(2)4-5/h4H,3H2,1-2H3. The van der Waals surface area contributed by atoms with Gasteiger partial charge in [-0.15, -0.1) is 0 Å². The predicted molar refractivity (Wildman–Crippen MR) is 31.1 cm³/mol. The Balaban J connectivity index is 2.69. The molecule has 44 valence electrons. The number of nitrogens with zero attached hydrogens (tertiary/aromatic N) is 1. The molecule has 1 heterocycles. The van der Waals surface area contributed by atoms with Crippen LogP contribution in [-0.2, 0) is 4.79 Å².